The van der Waals surface area contributed by atoms with Crippen LogP contribution >= 0.6 is 0 Å². The summed E-state index contributed by atoms with van der Waals surface area (Å²) in [5.74, 6) is -0.680. The van der Waals surface area contributed by atoms with Crippen LogP contribution in [-0.4, -0.2) is 43.6 Å². The van der Waals surface area contributed by atoms with Gasteiger partial charge in [0.05, 0.1) is 25.3 Å². The van der Waals surface area contributed by atoms with Gasteiger partial charge in [-0.05, 0) is 42.8 Å². The van der Waals surface area contributed by atoms with E-state index in [9.17, 15) is 14.0 Å². The Morgan fingerprint density at radius 1 is 1.07 bits per heavy atom. The molecule has 0 aliphatic carbocycles. The summed E-state index contributed by atoms with van der Waals surface area (Å²) in [6, 6.07) is 12.6. The average Bonchev–Trinajstić information content (AvgIpc) is 2.91. The molecule has 2 amide bonds. The first-order chi connectivity index (χ1) is 13.5. The molecule has 3 rings (SSSR count). The Morgan fingerprint density at radius 2 is 1.82 bits per heavy atom. The molecule has 0 atom stereocenters. The number of amides is 2. The zero-order chi connectivity index (χ0) is 20.1. The standard InChI is InChI=1S/C21H21FN2O4/c1-3-28-17-9-7-14(8-10-17)18-19(23-16-6-4-5-15(22)13-16)21(26)24(20(18)25)11-12-27-2/h4-10,13,23H,3,11-12H2,1-2H3. The van der Waals surface area contributed by atoms with Crippen LogP contribution < -0.4 is 10.1 Å². The molecule has 0 aromatic heterocycles. The number of carbonyl (C=O) groups is 2. The number of nitrogens with zero attached hydrogens (tertiary/aromatic N) is 1. The Bertz CT molecular complexity index is 909. The Hall–Kier alpha value is -3.19. The zero-order valence-corrected chi connectivity index (χ0v) is 15.7. The van der Waals surface area contributed by atoms with E-state index < -0.39 is 17.6 Å². The van der Waals surface area contributed by atoms with Crippen molar-refractivity contribution in [2.75, 3.05) is 32.2 Å². The molecule has 0 bridgehead atoms. The van der Waals surface area contributed by atoms with E-state index in [2.05, 4.69) is 5.32 Å². The quantitative estimate of drug-likeness (QED) is 0.709. The molecule has 1 aliphatic rings. The molecular weight excluding hydrogens is 363 g/mol. The third-order valence-electron chi connectivity index (χ3n) is 4.24. The molecule has 0 saturated carbocycles. The number of nitrogens with one attached hydrogen (secondary N) is 1. The topological polar surface area (TPSA) is 67.9 Å². The summed E-state index contributed by atoms with van der Waals surface area (Å²) in [6.45, 7) is 2.76. The van der Waals surface area contributed by atoms with Gasteiger partial charge in [0.15, 0.2) is 0 Å². The third-order valence-corrected chi connectivity index (χ3v) is 4.24. The number of ether oxygens (including phenoxy) is 2. The van der Waals surface area contributed by atoms with Gasteiger partial charge in [0.25, 0.3) is 11.8 Å². The summed E-state index contributed by atoms with van der Waals surface area (Å²) in [4.78, 5) is 26.9. The monoisotopic (exact) mass is 384 g/mol. The van der Waals surface area contributed by atoms with Crippen LogP contribution in [0.2, 0.25) is 0 Å². The fourth-order valence-corrected chi connectivity index (χ4v) is 2.94. The molecule has 7 heteroatoms. The number of hydrogen-bond donors (Lipinski definition) is 1. The highest BCUT2D eigenvalue weighted by molar-refractivity contribution is 6.36. The van der Waals surface area contributed by atoms with Gasteiger partial charge in [0, 0.05) is 12.8 Å². The lowest BCUT2D eigenvalue weighted by atomic mass is 10.0. The van der Waals surface area contributed by atoms with E-state index in [1.165, 1.54) is 25.3 Å². The SMILES string of the molecule is CCOc1ccc(C2=C(Nc3cccc(F)c3)C(=O)N(CCOC)C2=O)cc1. The smallest absolute Gasteiger partial charge is 0.278 e. The lowest BCUT2D eigenvalue weighted by Gasteiger charge is -2.14. The van der Waals surface area contributed by atoms with Crippen LogP contribution in [0.1, 0.15) is 12.5 Å². The molecule has 0 saturated heterocycles. The van der Waals surface area contributed by atoms with Crippen molar-refractivity contribution in [3.8, 4) is 5.75 Å². The maximum atomic E-state index is 13.5. The number of rotatable bonds is 8. The number of imide groups is 1. The first-order valence-electron chi connectivity index (χ1n) is 8.90. The van der Waals surface area contributed by atoms with Crippen molar-refractivity contribution >= 4 is 23.1 Å². The van der Waals surface area contributed by atoms with Crippen molar-refractivity contribution in [2.24, 2.45) is 0 Å². The van der Waals surface area contributed by atoms with Crippen LogP contribution in [0.25, 0.3) is 5.57 Å². The molecule has 0 spiro atoms. The predicted octanol–water partition coefficient (Wildman–Crippen LogP) is 3.06. The van der Waals surface area contributed by atoms with E-state index in [1.54, 1.807) is 30.3 Å². The van der Waals surface area contributed by atoms with E-state index >= 15 is 0 Å². The molecule has 0 unspecified atom stereocenters. The fourth-order valence-electron chi connectivity index (χ4n) is 2.94. The molecule has 2 aromatic rings. The molecule has 6 nitrogen and oxygen atoms in total. The first kappa shape index (κ1) is 19.6. The van der Waals surface area contributed by atoms with Gasteiger partial charge in [-0.25, -0.2) is 4.39 Å². The van der Waals surface area contributed by atoms with Crippen LogP contribution in [0.5, 0.6) is 5.75 Å². The lowest BCUT2D eigenvalue weighted by Crippen LogP contribution is -2.35. The molecule has 0 radical (unpaired) electrons. The van der Waals surface area contributed by atoms with Crippen molar-refractivity contribution in [1.29, 1.82) is 0 Å². The average molecular weight is 384 g/mol. The summed E-state index contributed by atoms with van der Waals surface area (Å²) in [5, 5.41) is 2.91. The second-order valence-corrected chi connectivity index (χ2v) is 6.10. The van der Waals surface area contributed by atoms with E-state index in [0.29, 0.717) is 23.6 Å². The summed E-state index contributed by atoms with van der Waals surface area (Å²) in [7, 11) is 1.50. The van der Waals surface area contributed by atoms with Crippen LogP contribution in [-0.2, 0) is 14.3 Å². The molecule has 1 heterocycles. The third kappa shape index (κ3) is 4.04. The van der Waals surface area contributed by atoms with Crippen molar-refractivity contribution in [3.63, 3.8) is 0 Å². The lowest BCUT2D eigenvalue weighted by molar-refractivity contribution is -0.137. The van der Waals surface area contributed by atoms with Gasteiger partial charge in [0.1, 0.15) is 17.3 Å². The molecule has 2 aromatic carbocycles. The van der Waals surface area contributed by atoms with Gasteiger partial charge < -0.3 is 14.8 Å². The number of benzene rings is 2. The summed E-state index contributed by atoms with van der Waals surface area (Å²) < 4.78 is 24.0. The largest absolute Gasteiger partial charge is 0.494 e. The number of halogens is 1. The zero-order valence-electron chi connectivity index (χ0n) is 15.7. The van der Waals surface area contributed by atoms with Crippen molar-refractivity contribution < 1.29 is 23.5 Å². The highest BCUT2D eigenvalue weighted by atomic mass is 19.1. The molecular formula is C21H21FN2O4. The van der Waals surface area contributed by atoms with Crippen molar-refractivity contribution in [3.05, 3.63) is 65.6 Å². The van der Waals surface area contributed by atoms with Crippen molar-refractivity contribution in [2.45, 2.75) is 6.92 Å². The molecule has 1 N–H and O–H groups in total. The minimum Gasteiger partial charge on any atom is -0.494 e. The molecule has 146 valence electrons. The number of carbonyl (C=O) groups excluding carboxylic acids is 2. The van der Waals surface area contributed by atoms with Gasteiger partial charge in [-0.3, -0.25) is 14.5 Å². The van der Waals surface area contributed by atoms with Crippen LogP contribution in [0, 0.1) is 5.82 Å². The maximum Gasteiger partial charge on any atom is 0.278 e. The number of methoxy groups -OCH3 is 1. The van der Waals surface area contributed by atoms with Crippen LogP contribution in [0.15, 0.2) is 54.2 Å². The maximum absolute atomic E-state index is 13.5. The Kier molecular flexibility index (Phi) is 6.06. The van der Waals surface area contributed by atoms with Gasteiger partial charge in [0.2, 0.25) is 0 Å². The highest BCUT2D eigenvalue weighted by Crippen LogP contribution is 2.31. The Labute approximate surface area is 162 Å². The summed E-state index contributed by atoms with van der Waals surface area (Å²) in [5.41, 5.74) is 1.29. The van der Waals surface area contributed by atoms with E-state index in [-0.39, 0.29) is 24.4 Å². The number of anilines is 1. The Morgan fingerprint density at radius 3 is 2.46 bits per heavy atom. The minimum atomic E-state index is -0.477. The van der Waals surface area contributed by atoms with Gasteiger partial charge in [-0.2, -0.15) is 0 Å². The van der Waals surface area contributed by atoms with Gasteiger partial charge in [-0.1, -0.05) is 18.2 Å². The summed E-state index contributed by atoms with van der Waals surface area (Å²) in [6.07, 6.45) is 0. The van der Waals surface area contributed by atoms with E-state index in [1.807, 2.05) is 6.92 Å². The van der Waals surface area contributed by atoms with Crippen molar-refractivity contribution in [1.82, 2.24) is 4.90 Å². The fraction of sp³-hybridized carbons (Fsp3) is 0.238. The van der Waals surface area contributed by atoms with Gasteiger partial charge >= 0.3 is 0 Å². The second kappa shape index (κ2) is 8.67. The second-order valence-electron chi connectivity index (χ2n) is 6.10. The minimum absolute atomic E-state index is 0.107. The van der Waals surface area contributed by atoms with Crippen LogP contribution in [0.3, 0.4) is 0 Å². The number of hydrogen-bond acceptors (Lipinski definition) is 5. The molecule has 0 fully saturated rings. The first-order valence-corrected chi connectivity index (χ1v) is 8.90. The highest BCUT2D eigenvalue weighted by Gasteiger charge is 2.39. The Balaban J connectivity index is 2.00. The summed E-state index contributed by atoms with van der Waals surface area (Å²) >= 11 is 0. The normalized spacial score (nSPS) is 14.0. The van der Waals surface area contributed by atoms with E-state index in [0.717, 1.165) is 4.90 Å². The van der Waals surface area contributed by atoms with Crippen LogP contribution in [0.4, 0.5) is 10.1 Å². The molecule has 28 heavy (non-hydrogen) atoms. The molecule has 1 aliphatic heterocycles. The predicted molar refractivity (Wildman–Crippen MR) is 103 cm³/mol. The van der Waals surface area contributed by atoms with Gasteiger partial charge in [-0.15, -0.1) is 0 Å². The van der Waals surface area contributed by atoms with E-state index in [4.69, 9.17) is 9.47 Å².